The van der Waals surface area contributed by atoms with E-state index < -0.39 is 6.16 Å². The maximum atomic E-state index is 10.7. The Morgan fingerprint density at radius 3 is 2.65 bits per heavy atom. The summed E-state index contributed by atoms with van der Waals surface area (Å²) in [4.78, 5) is 10.7. The van der Waals surface area contributed by atoms with E-state index in [1.54, 1.807) is 12.3 Å². The number of aliphatic hydroxyl groups is 1. The predicted molar refractivity (Wildman–Crippen MR) is 101 cm³/mol. The van der Waals surface area contributed by atoms with E-state index in [0.29, 0.717) is 23.1 Å². The van der Waals surface area contributed by atoms with Gasteiger partial charge in [-0.3, -0.25) is 0 Å². The maximum Gasteiger partial charge on any atom is 0.511 e. The van der Waals surface area contributed by atoms with Gasteiger partial charge in [-0.05, 0) is 48.4 Å². The molecule has 0 saturated heterocycles. The van der Waals surface area contributed by atoms with Crippen molar-refractivity contribution in [3.8, 4) is 5.75 Å². The monoisotopic (exact) mass is 417 g/mol. The number of anilines is 1. The van der Waals surface area contributed by atoms with Crippen LogP contribution in [-0.2, 0) is 11.2 Å². The summed E-state index contributed by atoms with van der Waals surface area (Å²) in [6.07, 6.45) is 2.16. The summed E-state index contributed by atoms with van der Waals surface area (Å²) >= 11 is 3.38. The quantitative estimate of drug-likeness (QED) is 0.660. The molecule has 0 radical (unpaired) electrons. The highest BCUT2D eigenvalue weighted by molar-refractivity contribution is 9.10. The smallest absolute Gasteiger partial charge is 0.504 e. The molecule has 1 heterocycles. The van der Waals surface area contributed by atoms with Crippen LogP contribution in [0.5, 0.6) is 5.75 Å². The summed E-state index contributed by atoms with van der Waals surface area (Å²) in [6.45, 7) is 1.98. The topological polar surface area (TPSA) is 88.0 Å². The van der Waals surface area contributed by atoms with Crippen molar-refractivity contribution >= 4 is 39.8 Å². The lowest BCUT2D eigenvalue weighted by Crippen LogP contribution is -2.25. The van der Waals surface area contributed by atoms with Gasteiger partial charge >= 0.3 is 6.16 Å². The lowest BCUT2D eigenvalue weighted by Gasteiger charge is -2.15. The minimum absolute atomic E-state index is 0.144. The molecule has 26 heavy (non-hydrogen) atoms. The van der Waals surface area contributed by atoms with E-state index in [1.165, 1.54) is 6.20 Å². The Hall–Kier alpha value is -2.93. The zero-order valence-electron chi connectivity index (χ0n) is 13.8. The molecule has 0 unspecified atom stereocenters. The number of ether oxygens (including phenoxy) is 2. The van der Waals surface area contributed by atoms with Crippen molar-refractivity contribution in [2.45, 2.75) is 13.3 Å². The SMILES string of the molecule is CCc1cc2c(cc1=COc1ccc(Br)cc1)NC=C(OC(=O)O)C=2O. The minimum Gasteiger partial charge on any atom is -0.504 e. The molecule has 0 atom stereocenters. The number of fused-ring (bicyclic) bond motifs is 1. The largest absolute Gasteiger partial charge is 0.511 e. The van der Waals surface area contributed by atoms with Gasteiger partial charge in [-0.25, -0.2) is 4.79 Å². The Balaban J connectivity index is 2.00. The van der Waals surface area contributed by atoms with E-state index in [2.05, 4.69) is 26.0 Å². The predicted octanol–water partition coefficient (Wildman–Crippen LogP) is 3.46. The van der Waals surface area contributed by atoms with Gasteiger partial charge in [-0.2, -0.15) is 0 Å². The van der Waals surface area contributed by atoms with E-state index in [9.17, 15) is 9.90 Å². The van der Waals surface area contributed by atoms with E-state index in [0.717, 1.165) is 15.3 Å². The van der Waals surface area contributed by atoms with Gasteiger partial charge in [-0.1, -0.05) is 22.9 Å². The van der Waals surface area contributed by atoms with Gasteiger partial charge in [-0.15, -0.1) is 0 Å². The average molecular weight is 418 g/mol. The third-order valence-corrected chi connectivity index (χ3v) is 4.37. The first-order valence-corrected chi connectivity index (χ1v) is 8.63. The van der Waals surface area contributed by atoms with Crippen LogP contribution in [-0.4, -0.2) is 16.4 Å². The van der Waals surface area contributed by atoms with Gasteiger partial charge < -0.3 is 25.0 Å². The highest BCUT2D eigenvalue weighted by Gasteiger charge is 2.17. The molecule has 0 saturated carbocycles. The number of rotatable bonds is 4. The summed E-state index contributed by atoms with van der Waals surface area (Å²) in [7, 11) is 0. The second-order valence-corrected chi connectivity index (χ2v) is 6.42. The van der Waals surface area contributed by atoms with Crippen LogP contribution in [0.2, 0.25) is 0 Å². The standard InChI is InChI=1S/C19H16BrNO5/c1-2-11-7-15-16(21-9-17(18(15)22)26-19(23)24)8-12(11)10-25-14-5-3-13(20)4-6-14/h3-10,21-22H,2H2,1H3,(H,23,24). The number of nitrogens with one attached hydrogen (secondary N) is 1. The fourth-order valence-corrected chi connectivity index (χ4v) is 2.82. The molecule has 0 aliphatic carbocycles. The molecule has 0 aromatic heterocycles. The van der Waals surface area contributed by atoms with Crippen molar-refractivity contribution in [3.63, 3.8) is 0 Å². The zero-order valence-corrected chi connectivity index (χ0v) is 15.4. The Morgan fingerprint density at radius 1 is 1.27 bits per heavy atom. The fourth-order valence-electron chi connectivity index (χ4n) is 2.55. The van der Waals surface area contributed by atoms with Gasteiger partial charge in [0.2, 0.25) is 0 Å². The first-order chi connectivity index (χ1) is 12.5. The summed E-state index contributed by atoms with van der Waals surface area (Å²) in [5.41, 5.74) is 1.56. The second kappa shape index (κ2) is 7.53. The van der Waals surface area contributed by atoms with Gasteiger partial charge in [0, 0.05) is 21.1 Å². The summed E-state index contributed by atoms with van der Waals surface area (Å²) in [5.74, 6) is 0.332. The second-order valence-electron chi connectivity index (χ2n) is 5.51. The molecule has 3 N–H and O–H groups in total. The molecule has 6 nitrogen and oxygen atoms in total. The van der Waals surface area contributed by atoms with Crippen LogP contribution in [0.15, 0.2) is 52.8 Å². The first kappa shape index (κ1) is 17.9. The normalized spacial score (nSPS) is 13.5. The Labute approximate surface area is 157 Å². The van der Waals surface area contributed by atoms with Gasteiger partial charge in [0.25, 0.3) is 0 Å². The Bertz CT molecular complexity index is 996. The van der Waals surface area contributed by atoms with Crippen LogP contribution >= 0.6 is 15.9 Å². The third-order valence-electron chi connectivity index (χ3n) is 3.84. The molecule has 134 valence electrons. The van der Waals surface area contributed by atoms with E-state index in [1.807, 2.05) is 37.3 Å². The molecule has 3 rings (SSSR count). The van der Waals surface area contributed by atoms with Crippen molar-refractivity contribution in [2.24, 2.45) is 0 Å². The van der Waals surface area contributed by atoms with Gasteiger partial charge in [0.05, 0.1) is 11.9 Å². The number of halogens is 1. The van der Waals surface area contributed by atoms with Crippen LogP contribution in [0.3, 0.4) is 0 Å². The number of benzene rings is 2. The van der Waals surface area contributed by atoms with Crippen molar-refractivity contribution in [1.82, 2.24) is 0 Å². The first-order valence-electron chi connectivity index (χ1n) is 7.84. The van der Waals surface area contributed by atoms with E-state index in [-0.39, 0.29) is 11.5 Å². The number of hydrogen-bond acceptors (Lipinski definition) is 5. The molecule has 1 aliphatic rings. The van der Waals surface area contributed by atoms with Crippen molar-refractivity contribution in [2.75, 3.05) is 5.32 Å². The van der Waals surface area contributed by atoms with Crippen LogP contribution in [0.25, 0.3) is 12.0 Å². The summed E-state index contributed by atoms with van der Waals surface area (Å²) in [5, 5.41) is 23.3. The molecule has 0 fully saturated rings. The Kier molecular flexibility index (Phi) is 5.18. The highest BCUT2D eigenvalue weighted by Crippen LogP contribution is 2.17. The number of aliphatic hydroxyl groups excluding tert-OH is 1. The molecule has 0 bridgehead atoms. The van der Waals surface area contributed by atoms with Gasteiger partial charge in [0.1, 0.15) is 5.75 Å². The minimum atomic E-state index is -1.49. The molecular weight excluding hydrogens is 402 g/mol. The number of carboxylic acid groups (broad SMARTS) is 1. The Morgan fingerprint density at radius 2 is 2.00 bits per heavy atom. The van der Waals surface area contributed by atoms with Crippen molar-refractivity contribution in [1.29, 1.82) is 0 Å². The third kappa shape index (κ3) is 3.83. The summed E-state index contributed by atoms with van der Waals surface area (Å²) in [6, 6.07) is 11.1. The van der Waals surface area contributed by atoms with Crippen molar-refractivity contribution in [3.05, 3.63) is 68.8 Å². The number of hydrogen-bond donors (Lipinski definition) is 3. The van der Waals surface area contributed by atoms with E-state index in [4.69, 9.17) is 9.84 Å². The lowest BCUT2D eigenvalue weighted by molar-refractivity contribution is 0.119. The molecule has 2 aromatic carbocycles. The molecular formula is C19H16BrNO5. The lowest BCUT2D eigenvalue weighted by atomic mass is 10.0. The maximum absolute atomic E-state index is 10.7. The van der Waals surface area contributed by atoms with E-state index >= 15 is 0 Å². The number of aryl methyl sites for hydroxylation is 1. The fraction of sp³-hybridized carbons (Fsp3) is 0.105. The van der Waals surface area contributed by atoms with Crippen molar-refractivity contribution < 1.29 is 24.5 Å². The average Bonchev–Trinajstić information content (AvgIpc) is 2.63. The van der Waals surface area contributed by atoms with Crippen LogP contribution in [0.1, 0.15) is 12.5 Å². The van der Waals surface area contributed by atoms with Crippen LogP contribution in [0.4, 0.5) is 10.5 Å². The summed E-state index contributed by atoms with van der Waals surface area (Å²) < 4.78 is 11.3. The molecule has 1 aliphatic heterocycles. The molecule has 7 heteroatoms. The molecule has 0 spiro atoms. The van der Waals surface area contributed by atoms with Crippen LogP contribution < -0.4 is 20.5 Å². The zero-order chi connectivity index (χ0) is 18.7. The molecule has 2 aromatic rings. The number of carbonyl (C=O) groups is 1. The van der Waals surface area contributed by atoms with Gasteiger partial charge in [0.15, 0.2) is 11.5 Å². The molecule has 0 amide bonds. The highest BCUT2D eigenvalue weighted by atomic mass is 79.9. The van der Waals surface area contributed by atoms with Crippen LogP contribution in [0, 0.1) is 0 Å².